The van der Waals surface area contributed by atoms with Crippen molar-refractivity contribution in [1.29, 1.82) is 0 Å². The highest BCUT2D eigenvalue weighted by molar-refractivity contribution is 6.31. The number of aryl methyl sites for hydroxylation is 2. The summed E-state index contributed by atoms with van der Waals surface area (Å²) in [5, 5.41) is 21.4. The number of anilines is 1. The molecule has 0 aliphatic heterocycles. The molecule has 18 heavy (non-hydrogen) atoms. The maximum atomic E-state index is 10.2. The Labute approximate surface area is 110 Å². The van der Waals surface area contributed by atoms with Crippen molar-refractivity contribution >= 4 is 17.4 Å². The second kappa shape index (κ2) is 4.99. The molecule has 1 unspecified atom stereocenters. The van der Waals surface area contributed by atoms with Gasteiger partial charge in [0.25, 0.3) is 0 Å². The molecule has 0 radical (unpaired) electrons. The summed E-state index contributed by atoms with van der Waals surface area (Å²) < 4.78 is 1.79. The molecule has 1 atom stereocenters. The van der Waals surface area contributed by atoms with Crippen molar-refractivity contribution in [1.82, 2.24) is 20.0 Å². The van der Waals surface area contributed by atoms with E-state index in [-0.39, 0.29) is 0 Å². The van der Waals surface area contributed by atoms with Gasteiger partial charge in [0.05, 0.1) is 28.7 Å². The van der Waals surface area contributed by atoms with Gasteiger partial charge in [-0.2, -0.15) is 10.2 Å². The molecule has 98 valence electrons. The van der Waals surface area contributed by atoms with E-state index in [1.54, 1.807) is 4.68 Å². The molecule has 0 spiro atoms. The first-order chi connectivity index (χ1) is 8.54. The maximum absolute atomic E-state index is 10.2. The van der Waals surface area contributed by atoms with Crippen LogP contribution in [0.3, 0.4) is 0 Å². The van der Waals surface area contributed by atoms with Gasteiger partial charge in [-0.3, -0.25) is 9.78 Å². The number of nitrogen functional groups attached to an aromatic ring is 1. The van der Waals surface area contributed by atoms with Gasteiger partial charge in [0.2, 0.25) is 0 Å². The number of hydrogen-bond acceptors (Lipinski definition) is 4. The molecule has 6 nitrogen and oxygen atoms in total. The predicted octanol–water partition coefficient (Wildman–Crippen LogP) is 1.45. The zero-order chi connectivity index (χ0) is 13.3. The molecule has 0 bridgehead atoms. The van der Waals surface area contributed by atoms with Gasteiger partial charge in [-0.05, 0) is 13.8 Å². The molecule has 2 aromatic rings. The zero-order valence-corrected chi connectivity index (χ0v) is 11.1. The first-order valence-electron chi connectivity index (χ1n) is 5.73. The van der Waals surface area contributed by atoms with E-state index < -0.39 is 6.10 Å². The van der Waals surface area contributed by atoms with Crippen molar-refractivity contribution in [2.45, 2.75) is 32.9 Å². The van der Waals surface area contributed by atoms with Crippen LogP contribution in [0.4, 0.5) is 5.82 Å². The fourth-order valence-electron chi connectivity index (χ4n) is 1.93. The Morgan fingerprint density at radius 3 is 2.89 bits per heavy atom. The summed E-state index contributed by atoms with van der Waals surface area (Å²) in [5.74, 6) is 0.373. The minimum absolute atomic E-state index is 0.358. The minimum Gasteiger partial charge on any atom is -0.388 e. The largest absolute Gasteiger partial charge is 0.388 e. The minimum atomic E-state index is -0.748. The van der Waals surface area contributed by atoms with E-state index in [2.05, 4.69) is 15.3 Å². The number of aromatic nitrogens is 4. The molecular formula is C11H16ClN5O. The molecule has 0 aliphatic carbocycles. The average molecular weight is 270 g/mol. The van der Waals surface area contributed by atoms with Gasteiger partial charge in [-0.1, -0.05) is 11.6 Å². The highest BCUT2D eigenvalue weighted by atomic mass is 35.5. The molecule has 4 N–H and O–H groups in total. The first kappa shape index (κ1) is 12.9. The third-order valence-corrected chi connectivity index (χ3v) is 3.39. The van der Waals surface area contributed by atoms with Crippen LogP contribution in [0.15, 0.2) is 6.20 Å². The quantitative estimate of drug-likeness (QED) is 0.783. The van der Waals surface area contributed by atoms with E-state index in [4.69, 9.17) is 17.3 Å². The standard InChI is InChI=1S/C11H16ClN5O/c1-3-17-8(10(12)6(2)16-17)4-9(18)7-5-14-15-11(7)13/h5,9,18H,3-4H2,1-2H3,(H3,13,14,15). The number of aliphatic hydroxyl groups is 1. The van der Waals surface area contributed by atoms with E-state index in [1.165, 1.54) is 6.20 Å². The lowest BCUT2D eigenvalue weighted by molar-refractivity contribution is 0.176. The molecule has 0 fully saturated rings. The zero-order valence-electron chi connectivity index (χ0n) is 10.3. The Morgan fingerprint density at radius 2 is 2.33 bits per heavy atom. The van der Waals surface area contributed by atoms with Crippen LogP contribution in [0.1, 0.15) is 30.0 Å². The summed E-state index contributed by atoms with van der Waals surface area (Å²) in [6.45, 7) is 4.53. The smallest absolute Gasteiger partial charge is 0.124 e. The molecule has 0 saturated carbocycles. The number of aliphatic hydroxyl groups excluding tert-OH is 1. The van der Waals surface area contributed by atoms with Gasteiger partial charge in [0.1, 0.15) is 5.82 Å². The maximum Gasteiger partial charge on any atom is 0.124 e. The van der Waals surface area contributed by atoms with Crippen molar-refractivity contribution in [3.8, 4) is 0 Å². The van der Waals surface area contributed by atoms with Gasteiger partial charge in [0.15, 0.2) is 0 Å². The lowest BCUT2D eigenvalue weighted by atomic mass is 10.1. The molecule has 0 amide bonds. The Kier molecular flexibility index (Phi) is 3.58. The van der Waals surface area contributed by atoms with Gasteiger partial charge >= 0.3 is 0 Å². The van der Waals surface area contributed by atoms with Crippen molar-refractivity contribution in [2.75, 3.05) is 5.73 Å². The van der Waals surface area contributed by atoms with Gasteiger partial charge in [-0.15, -0.1) is 0 Å². The number of nitrogens with two attached hydrogens (primary N) is 1. The summed E-state index contributed by atoms with van der Waals surface area (Å²) in [6.07, 6.45) is 1.13. The van der Waals surface area contributed by atoms with Gasteiger partial charge < -0.3 is 10.8 Å². The second-order valence-corrected chi connectivity index (χ2v) is 4.50. The van der Waals surface area contributed by atoms with Crippen molar-refractivity contribution in [3.05, 3.63) is 28.2 Å². The first-order valence-corrected chi connectivity index (χ1v) is 6.11. The summed E-state index contributed by atoms with van der Waals surface area (Å²) in [4.78, 5) is 0. The number of halogens is 1. The summed E-state index contributed by atoms with van der Waals surface area (Å²) >= 11 is 6.19. The van der Waals surface area contributed by atoms with E-state index in [0.717, 1.165) is 11.4 Å². The van der Waals surface area contributed by atoms with Crippen LogP contribution in [-0.2, 0) is 13.0 Å². The number of nitrogens with one attached hydrogen (secondary N) is 1. The summed E-state index contributed by atoms with van der Waals surface area (Å²) in [7, 11) is 0. The fraction of sp³-hybridized carbons (Fsp3) is 0.455. The second-order valence-electron chi connectivity index (χ2n) is 4.12. The number of rotatable bonds is 4. The summed E-state index contributed by atoms with van der Waals surface area (Å²) in [6, 6.07) is 0. The van der Waals surface area contributed by atoms with Gasteiger partial charge in [-0.25, -0.2) is 0 Å². The summed E-state index contributed by atoms with van der Waals surface area (Å²) in [5.41, 5.74) is 7.83. The monoisotopic (exact) mass is 269 g/mol. The normalized spacial score (nSPS) is 12.9. The SMILES string of the molecule is CCn1nc(C)c(Cl)c1CC(O)c1cn[nH]c1N. The van der Waals surface area contributed by atoms with Crippen LogP contribution in [0.25, 0.3) is 0 Å². The van der Waals surface area contributed by atoms with Gasteiger partial charge in [0, 0.05) is 18.5 Å². The molecule has 0 saturated heterocycles. The van der Waals surface area contributed by atoms with Crippen LogP contribution in [0, 0.1) is 6.92 Å². The Balaban J connectivity index is 2.27. The molecule has 7 heteroatoms. The average Bonchev–Trinajstić information content (AvgIpc) is 2.87. The van der Waals surface area contributed by atoms with E-state index >= 15 is 0 Å². The van der Waals surface area contributed by atoms with Crippen molar-refractivity contribution in [3.63, 3.8) is 0 Å². The Bertz CT molecular complexity index is 548. The van der Waals surface area contributed by atoms with Crippen molar-refractivity contribution < 1.29 is 5.11 Å². The highest BCUT2D eigenvalue weighted by Gasteiger charge is 2.19. The number of H-pyrrole nitrogens is 1. The Hall–Kier alpha value is -1.53. The fourth-order valence-corrected chi connectivity index (χ4v) is 2.14. The molecule has 0 aliphatic rings. The number of hydrogen-bond donors (Lipinski definition) is 3. The van der Waals surface area contributed by atoms with Crippen LogP contribution in [0.5, 0.6) is 0 Å². The van der Waals surface area contributed by atoms with Crippen LogP contribution in [0.2, 0.25) is 5.02 Å². The predicted molar refractivity (Wildman–Crippen MR) is 69.3 cm³/mol. The number of aromatic amines is 1. The topological polar surface area (TPSA) is 92.7 Å². The third-order valence-electron chi connectivity index (χ3n) is 2.90. The van der Waals surface area contributed by atoms with E-state index in [9.17, 15) is 5.11 Å². The lowest BCUT2D eigenvalue weighted by Gasteiger charge is -2.11. The van der Waals surface area contributed by atoms with Crippen LogP contribution in [-0.4, -0.2) is 25.1 Å². The van der Waals surface area contributed by atoms with E-state index in [1.807, 2.05) is 13.8 Å². The molecule has 2 aromatic heterocycles. The third kappa shape index (κ3) is 2.21. The molecule has 2 rings (SSSR count). The van der Waals surface area contributed by atoms with E-state index in [0.29, 0.717) is 29.4 Å². The van der Waals surface area contributed by atoms with Crippen molar-refractivity contribution in [2.24, 2.45) is 0 Å². The molecule has 2 heterocycles. The highest BCUT2D eigenvalue weighted by Crippen LogP contribution is 2.27. The Morgan fingerprint density at radius 1 is 1.61 bits per heavy atom. The molecule has 0 aromatic carbocycles. The lowest BCUT2D eigenvalue weighted by Crippen LogP contribution is -2.09. The number of nitrogens with zero attached hydrogens (tertiary/aromatic N) is 3. The van der Waals surface area contributed by atoms with Crippen LogP contribution >= 0.6 is 11.6 Å². The molecular weight excluding hydrogens is 254 g/mol. The van der Waals surface area contributed by atoms with Crippen LogP contribution < -0.4 is 5.73 Å².